The molecule has 0 aliphatic heterocycles. The van der Waals surface area contributed by atoms with Crippen LogP contribution in [-0.2, 0) is 13.0 Å². The molecule has 3 nitrogen and oxygen atoms in total. The van der Waals surface area contributed by atoms with Crippen LogP contribution in [0.4, 0.5) is 0 Å². The third-order valence-corrected chi connectivity index (χ3v) is 4.08. The number of nitrogens with one attached hydrogen (secondary N) is 1. The van der Waals surface area contributed by atoms with Crippen LogP contribution in [0.2, 0.25) is 0 Å². The summed E-state index contributed by atoms with van der Waals surface area (Å²) in [7, 11) is 0. The van der Waals surface area contributed by atoms with Crippen LogP contribution in [0.1, 0.15) is 36.9 Å². The van der Waals surface area contributed by atoms with Gasteiger partial charge in [-0.1, -0.05) is 13.0 Å². The van der Waals surface area contributed by atoms with Crippen molar-refractivity contribution in [1.29, 1.82) is 0 Å². The first-order valence-electron chi connectivity index (χ1n) is 6.56. The maximum atomic E-state index is 4.57. The number of thiophene rings is 1. The fraction of sp³-hybridized carbons (Fsp3) is 0.500. The van der Waals surface area contributed by atoms with Gasteiger partial charge in [-0.05, 0) is 37.3 Å². The molecule has 0 aliphatic rings. The molecule has 0 aliphatic carbocycles. The van der Waals surface area contributed by atoms with Gasteiger partial charge in [0.15, 0.2) is 0 Å². The summed E-state index contributed by atoms with van der Waals surface area (Å²) >= 11 is 1.82. The van der Waals surface area contributed by atoms with Crippen LogP contribution in [0.15, 0.2) is 29.8 Å². The van der Waals surface area contributed by atoms with Crippen molar-refractivity contribution in [2.45, 2.75) is 39.3 Å². The Morgan fingerprint density at radius 3 is 3.06 bits per heavy atom. The molecule has 0 spiro atoms. The van der Waals surface area contributed by atoms with Crippen molar-refractivity contribution >= 4 is 11.3 Å². The molecule has 1 N–H and O–H groups in total. The second kappa shape index (κ2) is 6.71. The maximum absolute atomic E-state index is 4.57. The molecule has 0 saturated heterocycles. The highest BCUT2D eigenvalue weighted by Gasteiger charge is 2.04. The van der Waals surface area contributed by atoms with Gasteiger partial charge in [0.1, 0.15) is 0 Å². The third-order valence-electron chi connectivity index (χ3n) is 3.14. The van der Waals surface area contributed by atoms with Crippen LogP contribution in [0.25, 0.3) is 0 Å². The van der Waals surface area contributed by atoms with Crippen molar-refractivity contribution in [1.82, 2.24) is 15.1 Å². The van der Waals surface area contributed by atoms with Gasteiger partial charge in [-0.2, -0.15) is 5.10 Å². The van der Waals surface area contributed by atoms with Crippen LogP contribution >= 0.6 is 11.3 Å². The standard InChI is InChI=1S/C14H21N3S/c1-3-12(2)17-9-7-13(16-17)11-15-8-6-14-5-4-10-18-14/h4-5,7,9-10,12,15H,3,6,8,11H2,1-2H3. The number of nitrogens with zero attached hydrogens (tertiary/aromatic N) is 2. The lowest BCUT2D eigenvalue weighted by Crippen LogP contribution is -2.17. The molecule has 0 bridgehead atoms. The summed E-state index contributed by atoms with van der Waals surface area (Å²) in [5, 5.41) is 10.1. The van der Waals surface area contributed by atoms with Crippen molar-refractivity contribution < 1.29 is 0 Å². The summed E-state index contributed by atoms with van der Waals surface area (Å²) in [5.41, 5.74) is 1.13. The Bertz CT molecular complexity index is 447. The van der Waals surface area contributed by atoms with E-state index in [1.807, 2.05) is 11.3 Å². The van der Waals surface area contributed by atoms with E-state index in [4.69, 9.17) is 0 Å². The molecule has 4 heteroatoms. The molecule has 2 aromatic heterocycles. The van der Waals surface area contributed by atoms with Crippen LogP contribution in [0, 0.1) is 0 Å². The molecule has 2 aromatic rings. The normalized spacial score (nSPS) is 12.8. The maximum Gasteiger partial charge on any atom is 0.0762 e. The summed E-state index contributed by atoms with van der Waals surface area (Å²) in [6.45, 7) is 6.25. The second-order valence-corrected chi connectivity index (χ2v) is 5.58. The monoisotopic (exact) mass is 263 g/mol. The van der Waals surface area contributed by atoms with E-state index in [1.165, 1.54) is 4.88 Å². The Balaban J connectivity index is 1.71. The van der Waals surface area contributed by atoms with Crippen LogP contribution < -0.4 is 5.32 Å². The van der Waals surface area contributed by atoms with Crippen LogP contribution in [0.3, 0.4) is 0 Å². The Hall–Kier alpha value is -1.13. The minimum atomic E-state index is 0.491. The quantitative estimate of drug-likeness (QED) is 0.777. The lowest BCUT2D eigenvalue weighted by molar-refractivity contribution is 0.471. The molecular formula is C14H21N3S. The molecule has 0 saturated carbocycles. The highest BCUT2D eigenvalue weighted by Crippen LogP contribution is 2.10. The molecule has 2 rings (SSSR count). The minimum absolute atomic E-state index is 0.491. The summed E-state index contributed by atoms with van der Waals surface area (Å²) in [5.74, 6) is 0. The van der Waals surface area contributed by atoms with Crippen molar-refractivity contribution in [3.63, 3.8) is 0 Å². The molecule has 2 heterocycles. The van der Waals surface area contributed by atoms with Gasteiger partial charge < -0.3 is 5.32 Å². The molecule has 0 fully saturated rings. The van der Waals surface area contributed by atoms with Gasteiger partial charge >= 0.3 is 0 Å². The Kier molecular flexibility index (Phi) is 4.96. The van der Waals surface area contributed by atoms with E-state index < -0.39 is 0 Å². The van der Waals surface area contributed by atoms with E-state index in [-0.39, 0.29) is 0 Å². The zero-order valence-corrected chi connectivity index (χ0v) is 11.9. The second-order valence-electron chi connectivity index (χ2n) is 4.55. The molecule has 0 radical (unpaired) electrons. The van der Waals surface area contributed by atoms with E-state index in [0.717, 1.165) is 31.6 Å². The van der Waals surface area contributed by atoms with Gasteiger partial charge in [0, 0.05) is 30.2 Å². The van der Waals surface area contributed by atoms with Gasteiger partial charge in [-0.15, -0.1) is 11.3 Å². The molecule has 98 valence electrons. The highest BCUT2D eigenvalue weighted by molar-refractivity contribution is 7.09. The minimum Gasteiger partial charge on any atom is -0.311 e. The highest BCUT2D eigenvalue weighted by atomic mass is 32.1. The fourth-order valence-electron chi connectivity index (χ4n) is 1.79. The summed E-state index contributed by atoms with van der Waals surface area (Å²) in [6.07, 6.45) is 4.29. The van der Waals surface area contributed by atoms with E-state index in [0.29, 0.717) is 6.04 Å². The Morgan fingerprint density at radius 1 is 1.44 bits per heavy atom. The zero-order chi connectivity index (χ0) is 12.8. The van der Waals surface area contributed by atoms with Crippen molar-refractivity contribution in [3.05, 3.63) is 40.3 Å². The topological polar surface area (TPSA) is 29.9 Å². The first-order chi connectivity index (χ1) is 8.79. The first-order valence-corrected chi connectivity index (χ1v) is 7.44. The van der Waals surface area contributed by atoms with E-state index in [9.17, 15) is 0 Å². The Labute approximate surface area is 113 Å². The van der Waals surface area contributed by atoms with E-state index >= 15 is 0 Å². The first kappa shape index (κ1) is 13.3. The third kappa shape index (κ3) is 3.68. The van der Waals surface area contributed by atoms with E-state index in [2.05, 4.69) is 58.7 Å². The van der Waals surface area contributed by atoms with Gasteiger partial charge in [0.2, 0.25) is 0 Å². The van der Waals surface area contributed by atoms with E-state index in [1.54, 1.807) is 0 Å². The van der Waals surface area contributed by atoms with Crippen LogP contribution in [-0.4, -0.2) is 16.3 Å². The van der Waals surface area contributed by atoms with Crippen molar-refractivity contribution in [2.75, 3.05) is 6.54 Å². The van der Waals surface area contributed by atoms with Gasteiger partial charge in [0.25, 0.3) is 0 Å². The average Bonchev–Trinajstić information content (AvgIpc) is 3.05. The molecular weight excluding hydrogens is 242 g/mol. The number of hydrogen-bond acceptors (Lipinski definition) is 3. The Morgan fingerprint density at radius 2 is 2.33 bits per heavy atom. The number of hydrogen-bond donors (Lipinski definition) is 1. The molecule has 1 atom stereocenters. The number of rotatable bonds is 7. The lowest BCUT2D eigenvalue weighted by atomic mass is 10.3. The molecule has 18 heavy (non-hydrogen) atoms. The largest absolute Gasteiger partial charge is 0.311 e. The zero-order valence-electron chi connectivity index (χ0n) is 11.1. The predicted molar refractivity (Wildman–Crippen MR) is 77.0 cm³/mol. The van der Waals surface area contributed by atoms with Crippen molar-refractivity contribution in [2.24, 2.45) is 0 Å². The average molecular weight is 263 g/mol. The smallest absolute Gasteiger partial charge is 0.0762 e. The summed E-state index contributed by atoms with van der Waals surface area (Å²) in [4.78, 5) is 1.44. The van der Waals surface area contributed by atoms with Crippen LogP contribution in [0.5, 0.6) is 0 Å². The number of aromatic nitrogens is 2. The lowest BCUT2D eigenvalue weighted by Gasteiger charge is -2.08. The fourth-order valence-corrected chi connectivity index (χ4v) is 2.50. The van der Waals surface area contributed by atoms with Gasteiger partial charge in [-0.3, -0.25) is 4.68 Å². The summed E-state index contributed by atoms with van der Waals surface area (Å²) in [6, 6.07) is 6.88. The van der Waals surface area contributed by atoms with Gasteiger partial charge in [-0.25, -0.2) is 0 Å². The van der Waals surface area contributed by atoms with Crippen molar-refractivity contribution in [3.8, 4) is 0 Å². The van der Waals surface area contributed by atoms with Gasteiger partial charge in [0.05, 0.1) is 5.69 Å². The summed E-state index contributed by atoms with van der Waals surface area (Å²) < 4.78 is 2.05. The SMILES string of the molecule is CCC(C)n1ccc(CNCCc2cccs2)n1. The molecule has 0 amide bonds. The molecule has 1 unspecified atom stereocenters. The molecule has 0 aromatic carbocycles. The predicted octanol–water partition coefficient (Wildman–Crippen LogP) is 3.25.